The Morgan fingerprint density at radius 2 is 2.00 bits per heavy atom. The quantitative estimate of drug-likeness (QED) is 0.709. The van der Waals surface area contributed by atoms with Crippen LogP contribution in [0.2, 0.25) is 0 Å². The van der Waals surface area contributed by atoms with Gasteiger partial charge in [0.05, 0.1) is 0 Å². The Labute approximate surface area is 112 Å². The second-order valence-electron chi connectivity index (χ2n) is 5.67. The third-order valence-electron chi connectivity index (χ3n) is 4.12. The van der Waals surface area contributed by atoms with Crippen LogP contribution in [0.15, 0.2) is 0 Å². The molecule has 0 saturated carbocycles. The summed E-state index contributed by atoms with van der Waals surface area (Å²) in [4.78, 5) is 14.1. The van der Waals surface area contributed by atoms with Crippen LogP contribution >= 0.6 is 0 Å². The standard InChI is InChI=1S/C15H30N2O/c1-4-5-6-7-8-9-15(18)17-11-10-14(16-3)13(2)12-17/h13-14,16H,4-12H2,1-3H3. The lowest BCUT2D eigenvalue weighted by atomic mass is 9.93. The molecule has 0 aliphatic carbocycles. The maximum Gasteiger partial charge on any atom is 0.222 e. The molecular weight excluding hydrogens is 224 g/mol. The zero-order chi connectivity index (χ0) is 13.4. The topological polar surface area (TPSA) is 32.3 Å². The van der Waals surface area contributed by atoms with Gasteiger partial charge in [-0.15, -0.1) is 0 Å². The number of nitrogens with one attached hydrogen (secondary N) is 1. The molecule has 2 atom stereocenters. The van der Waals surface area contributed by atoms with Gasteiger partial charge in [0.15, 0.2) is 0 Å². The van der Waals surface area contributed by atoms with Crippen molar-refractivity contribution in [1.82, 2.24) is 10.2 Å². The molecule has 1 N–H and O–H groups in total. The highest BCUT2D eigenvalue weighted by atomic mass is 16.2. The molecule has 0 spiro atoms. The Morgan fingerprint density at radius 3 is 2.61 bits per heavy atom. The highest BCUT2D eigenvalue weighted by molar-refractivity contribution is 5.76. The van der Waals surface area contributed by atoms with Crippen LogP contribution in [0.4, 0.5) is 0 Å². The molecule has 1 rings (SSSR count). The Balaban J connectivity index is 2.18. The predicted molar refractivity (Wildman–Crippen MR) is 76.6 cm³/mol. The summed E-state index contributed by atoms with van der Waals surface area (Å²) < 4.78 is 0. The monoisotopic (exact) mass is 254 g/mol. The third kappa shape index (κ3) is 4.97. The zero-order valence-electron chi connectivity index (χ0n) is 12.4. The van der Waals surface area contributed by atoms with Crippen molar-refractivity contribution in [3.05, 3.63) is 0 Å². The molecule has 1 aliphatic rings. The van der Waals surface area contributed by atoms with E-state index in [4.69, 9.17) is 0 Å². The van der Waals surface area contributed by atoms with Gasteiger partial charge in [0.25, 0.3) is 0 Å². The minimum absolute atomic E-state index is 0.368. The van der Waals surface area contributed by atoms with E-state index in [2.05, 4.69) is 24.1 Å². The Kier molecular flexibility index (Phi) is 7.33. The van der Waals surface area contributed by atoms with Gasteiger partial charge >= 0.3 is 0 Å². The largest absolute Gasteiger partial charge is 0.342 e. The van der Waals surface area contributed by atoms with Crippen molar-refractivity contribution in [3.8, 4) is 0 Å². The van der Waals surface area contributed by atoms with Gasteiger partial charge in [-0.25, -0.2) is 0 Å². The summed E-state index contributed by atoms with van der Waals surface area (Å²) in [5.74, 6) is 0.945. The molecule has 106 valence electrons. The number of piperidine rings is 1. The van der Waals surface area contributed by atoms with Crippen molar-refractivity contribution in [2.24, 2.45) is 5.92 Å². The molecule has 0 bridgehead atoms. The van der Waals surface area contributed by atoms with E-state index in [9.17, 15) is 4.79 Å². The van der Waals surface area contributed by atoms with E-state index in [1.165, 1.54) is 25.7 Å². The number of rotatable bonds is 7. The first-order valence-electron chi connectivity index (χ1n) is 7.64. The smallest absolute Gasteiger partial charge is 0.222 e. The summed E-state index contributed by atoms with van der Waals surface area (Å²) in [5, 5.41) is 3.34. The molecule has 0 aromatic heterocycles. The van der Waals surface area contributed by atoms with Crippen molar-refractivity contribution in [2.45, 2.75) is 64.8 Å². The SMILES string of the molecule is CCCCCCCC(=O)N1CCC(NC)C(C)C1. The van der Waals surface area contributed by atoms with Crippen LogP contribution in [-0.2, 0) is 4.79 Å². The second kappa shape index (κ2) is 8.52. The van der Waals surface area contributed by atoms with Crippen LogP contribution in [0.3, 0.4) is 0 Å². The Hall–Kier alpha value is -0.570. The lowest BCUT2D eigenvalue weighted by molar-refractivity contribution is -0.133. The number of carbonyl (C=O) groups is 1. The molecule has 3 nitrogen and oxygen atoms in total. The minimum Gasteiger partial charge on any atom is -0.342 e. The molecule has 1 saturated heterocycles. The molecule has 1 amide bonds. The summed E-state index contributed by atoms with van der Waals surface area (Å²) in [7, 11) is 2.02. The van der Waals surface area contributed by atoms with E-state index >= 15 is 0 Å². The molecule has 0 aromatic rings. The molecule has 3 heteroatoms. The van der Waals surface area contributed by atoms with Gasteiger partial charge in [0.2, 0.25) is 5.91 Å². The predicted octanol–water partition coefficient (Wildman–Crippen LogP) is 2.80. The van der Waals surface area contributed by atoms with Crippen molar-refractivity contribution >= 4 is 5.91 Å². The summed E-state index contributed by atoms with van der Waals surface area (Å²) in [6.45, 7) is 6.32. The lowest BCUT2D eigenvalue weighted by Gasteiger charge is -2.36. The fourth-order valence-electron chi connectivity index (χ4n) is 2.84. The number of hydrogen-bond donors (Lipinski definition) is 1. The first kappa shape index (κ1) is 15.5. The third-order valence-corrected chi connectivity index (χ3v) is 4.12. The van der Waals surface area contributed by atoms with Gasteiger partial charge in [-0.3, -0.25) is 4.79 Å². The summed E-state index contributed by atoms with van der Waals surface area (Å²) in [5.41, 5.74) is 0. The zero-order valence-corrected chi connectivity index (χ0v) is 12.4. The first-order chi connectivity index (χ1) is 8.69. The number of nitrogens with zero attached hydrogens (tertiary/aromatic N) is 1. The van der Waals surface area contributed by atoms with Crippen molar-refractivity contribution in [2.75, 3.05) is 20.1 Å². The first-order valence-corrected chi connectivity index (χ1v) is 7.64. The van der Waals surface area contributed by atoms with E-state index in [1.807, 2.05) is 7.05 Å². The molecule has 0 radical (unpaired) electrons. The average Bonchev–Trinajstić information content (AvgIpc) is 2.38. The normalized spacial score (nSPS) is 24.3. The van der Waals surface area contributed by atoms with Gasteiger partial charge in [-0.1, -0.05) is 39.5 Å². The van der Waals surface area contributed by atoms with Crippen LogP contribution < -0.4 is 5.32 Å². The lowest BCUT2D eigenvalue weighted by Crippen LogP contribution is -2.49. The van der Waals surface area contributed by atoms with E-state index in [-0.39, 0.29) is 0 Å². The Bertz CT molecular complexity index is 243. The molecule has 1 fully saturated rings. The van der Waals surface area contributed by atoms with E-state index < -0.39 is 0 Å². The van der Waals surface area contributed by atoms with Gasteiger partial charge in [-0.2, -0.15) is 0 Å². The Morgan fingerprint density at radius 1 is 1.28 bits per heavy atom. The molecule has 0 aromatic carbocycles. The van der Waals surface area contributed by atoms with Gasteiger partial charge < -0.3 is 10.2 Å². The minimum atomic E-state index is 0.368. The maximum absolute atomic E-state index is 12.1. The van der Waals surface area contributed by atoms with Gasteiger partial charge in [-0.05, 0) is 25.8 Å². The van der Waals surface area contributed by atoms with Gasteiger partial charge in [0, 0.05) is 25.6 Å². The van der Waals surface area contributed by atoms with Crippen molar-refractivity contribution in [3.63, 3.8) is 0 Å². The second-order valence-corrected chi connectivity index (χ2v) is 5.67. The summed E-state index contributed by atoms with van der Waals surface area (Å²) in [6.07, 6.45) is 7.98. The number of amides is 1. The number of carbonyl (C=O) groups excluding carboxylic acids is 1. The molecule has 1 aliphatic heterocycles. The molecule has 1 heterocycles. The number of hydrogen-bond acceptors (Lipinski definition) is 2. The van der Waals surface area contributed by atoms with E-state index in [1.54, 1.807) is 0 Å². The number of unbranched alkanes of at least 4 members (excludes halogenated alkanes) is 4. The summed E-state index contributed by atoms with van der Waals surface area (Å²) >= 11 is 0. The van der Waals surface area contributed by atoms with Crippen molar-refractivity contribution in [1.29, 1.82) is 0 Å². The van der Waals surface area contributed by atoms with Crippen molar-refractivity contribution < 1.29 is 4.79 Å². The van der Waals surface area contributed by atoms with Crippen LogP contribution in [-0.4, -0.2) is 37.0 Å². The molecule has 2 unspecified atom stereocenters. The highest BCUT2D eigenvalue weighted by Crippen LogP contribution is 2.18. The van der Waals surface area contributed by atoms with Crippen LogP contribution in [0, 0.1) is 5.92 Å². The van der Waals surface area contributed by atoms with E-state index in [0.717, 1.165) is 32.4 Å². The summed E-state index contributed by atoms with van der Waals surface area (Å²) in [6, 6.07) is 0.582. The molecule has 18 heavy (non-hydrogen) atoms. The van der Waals surface area contributed by atoms with Gasteiger partial charge in [0.1, 0.15) is 0 Å². The fourth-order valence-corrected chi connectivity index (χ4v) is 2.84. The van der Waals surface area contributed by atoms with E-state index in [0.29, 0.717) is 17.9 Å². The van der Waals surface area contributed by atoms with Crippen LogP contribution in [0.25, 0.3) is 0 Å². The molecular formula is C15H30N2O. The maximum atomic E-state index is 12.1. The highest BCUT2D eigenvalue weighted by Gasteiger charge is 2.26. The number of likely N-dealkylation sites (tertiary alicyclic amines) is 1. The van der Waals surface area contributed by atoms with Crippen LogP contribution in [0.5, 0.6) is 0 Å². The average molecular weight is 254 g/mol. The fraction of sp³-hybridized carbons (Fsp3) is 0.933. The van der Waals surface area contributed by atoms with Crippen LogP contribution in [0.1, 0.15) is 58.8 Å².